The third-order valence-electron chi connectivity index (χ3n) is 3.41. The topological polar surface area (TPSA) is 55.4 Å². The normalized spacial score (nSPS) is 10.6. The van der Waals surface area contributed by atoms with Crippen molar-refractivity contribution in [2.45, 2.75) is 13.8 Å². The van der Waals surface area contributed by atoms with Crippen molar-refractivity contribution in [3.63, 3.8) is 0 Å². The Morgan fingerprint density at radius 2 is 1.74 bits per heavy atom. The molecule has 23 heavy (non-hydrogen) atoms. The summed E-state index contributed by atoms with van der Waals surface area (Å²) in [4.78, 5) is 23.5. The number of hydrogen-bond donors (Lipinski definition) is 1. The van der Waals surface area contributed by atoms with E-state index in [-0.39, 0.29) is 5.91 Å². The molecule has 0 radical (unpaired) electrons. The number of benzene rings is 2. The molecule has 0 spiro atoms. The van der Waals surface area contributed by atoms with E-state index in [1.165, 1.54) is 18.7 Å². The first kappa shape index (κ1) is 16.5. The van der Waals surface area contributed by atoms with Crippen LogP contribution in [0.3, 0.4) is 0 Å². The molecular weight excluding hydrogens is 290 g/mol. The van der Waals surface area contributed by atoms with Crippen molar-refractivity contribution in [3.8, 4) is 0 Å². The van der Waals surface area contributed by atoms with E-state index in [9.17, 15) is 9.59 Å². The second-order valence-corrected chi connectivity index (χ2v) is 5.25. The van der Waals surface area contributed by atoms with Crippen molar-refractivity contribution in [2.24, 2.45) is 0 Å². The summed E-state index contributed by atoms with van der Waals surface area (Å²) in [5.74, 6) is -0.621. The maximum Gasteiger partial charge on any atom is 0.337 e. The number of ether oxygens (including phenoxy) is 1. The van der Waals surface area contributed by atoms with Gasteiger partial charge in [-0.2, -0.15) is 0 Å². The first-order valence-electron chi connectivity index (χ1n) is 7.24. The average molecular weight is 309 g/mol. The van der Waals surface area contributed by atoms with Gasteiger partial charge in [-0.3, -0.25) is 4.79 Å². The highest BCUT2D eigenvalue weighted by Crippen LogP contribution is 2.17. The van der Waals surface area contributed by atoms with Crippen LogP contribution in [0.1, 0.15) is 27.0 Å². The number of carbonyl (C=O) groups is 2. The van der Waals surface area contributed by atoms with E-state index in [0.29, 0.717) is 11.3 Å². The number of esters is 1. The van der Waals surface area contributed by atoms with Crippen molar-refractivity contribution in [1.29, 1.82) is 0 Å². The Labute approximate surface area is 135 Å². The zero-order chi connectivity index (χ0) is 16.8. The highest BCUT2D eigenvalue weighted by Gasteiger charge is 2.08. The number of amides is 1. The van der Waals surface area contributed by atoms with Crippen molar-refractivity contribution >= 4 is 23.6 Å². The summed E-state index contributed by atoms with van der Waals surface area (Å²) < 4.78 is 4.67. The van der Waals surface area contributed by atoms with Gasteiger partial charge in [0, 0.05) is 11.8 Å². The third-order valence-corrected chi connectivity index (χ3v) is 3.41. The largest absolute Gasteiger partial charge is 0.465 e. The molecule has 0 heterocycles. The Balaban J connectivity index is 2.05. The SMILES string of the molecule is COC(=O)c1ccc(NC(=O)/C=C/c2ccc(C)cc2)c(C)c1. The van der Waals surface area contributed by atoms with Crippen LogP contribution in [0.4, 0.5) is 5.69 Å². The molecule has 0 aliphatic heterocycles. The number of carbonyl (C=O) groups excluding carboxylic acids is 2. The summed E-state index contributed by atoms with van der Waals surface area (Å²) >= 11 is 0. The van der Waals surface area contributed by atoms with Crippen molar-refractivity contribution in [1.82, 2.24) is 0 Å². The fourth-order valence-electron chi connectivity index (χ4n) is 2.07. The van der Waals surface area contributed by atoms with E-state index < -0.39 is 5.97 Å². The van der Waals surface area contributed by atoms with Crippen molar-refractivity contribution < 1.29 is 14.3 Å². The summed E-state index contributed by atoms with van der Waals surface area (Å²) in [6.07, 6.45) is 3.24. The molecule has 0 saturated heterocycles. The molecule has 118 valence electrons. The van der Waals surface area contributed by atoms with Gasteiger partial charge >= 0.3 is 5.97 Å². The van der Waals surface area contributed by atoms with Gasteiger partial charge in [0.1, 0.15) is 0 Å². The Morgan fingerprint density at radius 1 is 1.04 bits per heavy atom. The molecule has 0 fully saturated rings. The van der Waals surface area contributed by atoms with Crippen LogP contribution in [0.15, 0.2) is 48.5 Å². The van der Waals surface area contributed by atoms with Crippen LogP contribution >= 0.6 is 0 Å². The fraction of sp³-hybridized carbons (Fsp3) is 0.158. The minimum Gasteiger partial charge on any atom is -0.465 e. The van der Waals surface area contributed by atoms with Gasteiger partial charge < -0.3 is 10.1 Å². The molecule has 1 amide bonds. The van der Waals surface area contributed by atoms with Crippen LogP contribution < -0.4 is 5.32 Å². The lowest BCUT2D eigenvalue weighted by Crippen LogP contribution is -2.10. The van der Waals surface area contributed by atoms with Crippen LogP contribution in [0.5, 0.6) is 0 Å². The van der Waals surface area contributed by atoms with Gasteiger partial charge in [0.2, 0.25) is 5.91 Å². The van der Waals surface area contributed by atoms with Gasteiger partial charge in [-0.25, -0.2) is 4.79 Å². The second kappa shape index (κ2) is 7.40. The number of rotatable bonds is 4. The summed E-state index contributed by atoms with van der Waals surface area (Å²) in [6.45, 7) is 3.84. The number of anilines is 1. The summed E-state index contributed by atoms with van der Waals surface area (Å²) in [5, 5.41) is 2.80. The molecule has 2 aromatic rings. The van der Waals surface area contributed by atoms with Gasteiger partial charge in [-0.05, 0) is 49.2 Å². The molecule has 0 aromatic heterocycles. The Morgan fingerprint density at radius 3 is 2.35 bits per heavy atom. The molecule has 1 N–H and O–H groups in total. The highest BCUT2D eigenvalue weighted by atomic mass is 16.5. The van der Waals surface area contributed by atoms with Gasteiger partial charge in [0.25, 0.3) is 0 Å². The summed E-state index contributed by atoms with van der Waals surface area (Å²) in [6, 6.07) is 12.9. The lowest BCUT2D eigenvalue weighted by atomic mass is 10.1. The molecule has 0 aliphatic rings. The van der Waals surface area contributed by atoms with E-state index in [1.807, 2.05) is 38.1 Å². The minimum atomic E-state index is -0.398. The average Bonchev–Trinajstić information content (AvgIpc) is 2.55. The standard InChI is InChI=1S/C19H19NO3/c1-13-4-6-15(7-5-13)8-11-18(21)20-17-10-9-16(12-14(17)2)19(22)23-3/h4-12H,1-3H3,(H,20,21)/b11-8+. The van der Waals surface area contributed by atoms with E-state index in [0.717, 1.165) is 11.1 Å². The maximum absolute atomic E-state index is 12.0. The van der Waals surface area contributed by atoms with Crippen molar-refractivity contribution in [2.75, 3.05) is 12.4 Å². The van der Waals surface area contributed by atoms with Crippen LogP contribution in [-0.2, 0) is 9.53 Å². The molecule has 2 rings (SSSR count). The van der Waals surface area contributed by atoms with Crippen LogP contribution in [0.25, 0.3) is 6.08 Å². The summed E-state index contributed by atoms with van der Waals surface area (Å²) in [5.41, 5.74) is 4.05. The Bertz CT molecular complexity index is 746. The van der Waals surface area contributed by atoms with E-state index in [2.05, 4.69) is 10.1 Å². The molecule has 0 atom stereocenters. The van der Waals surface area contributed by atoms with E-state index in [1.54, 1.807) is 24.3 Å². The van der Waals surface area contributed by atoms with Crippen LogP contribution in [-0.4, -0.2) is 19.0 Å². The van der Waals surface area contributed by atoms with Gasteiger partial charge in [0.15, 0.2) is 0 Å². The number of hydrogen-bond acceptors (Lipinski definition) is 3. The first-order valence-corrected chi connectivity index (χ1v) is 7.24. The second-order valence-electron chi connectivity index (χ2n) is 5.25. The summed E-state index contributed by atoms with van der Waals surface area (Å²) in [7, 11) is 1.34. The molecule has 0 bridgehead atoms. The lowest BCUT2D eigenvalue weighted by molar-refractivity contribution is -0.111. The zero-order valence-corrected chi connectivity index (χ0v) is 13.4. The first-order chi connectivity index (χ1) is 11.0. The third kappa shape index (κ3) is 4.54. The monoisotopic (exact) mass is 309 g/mol. The van der Waals surface area contributed by atoms with Crippen molar-refractivity contribution in [3.05, 3.63) is 70.8 Å². The molecular formula is C19H19NO3. The number of aryl methyl sites for hydroxylation is 2. The molecule has 4 nitrogen and oxygen atoms in total. The molecule has 0 aliphatic carbocycles. The quantitative estimate of drug-likeness (QED) is 0.691. The Kier molecular flexibility index (Phi) is 5.31. The number of nitrogens with one attached hydrogen (secondary N) is 1. The predicted molar refractivity (Wildman–Crippen MR) is 91.4 cm³/mol. The van der Waals surface area contributed by atoms with Gasteiger partial charge in [0.05, 0.1) is 12.7 Å². The molecule has 4 heteroatoms. The predicted octanol–water partition coefficient (Wildman–Crippen LogP) is 3.74. The smallest absolute Gasteiger partial charge is 0.337 e. The zero-order valence-electron chi connectivity index (χ0n) is 13.4. The van der Waals surface area contributed by atoms with Crippen LogP contribution in [0, 0.1) is 13.8 Å². The van der Waals surface area contributed by atoms with Gasteiger partial charge in [-0.15, -0.1) is 0 Å². The maximum atomic E-state index is 12.0. The van der Waals surface area contributed by atoms with E-state index >= 15 is 0 Å². The van der Waals surface area contributed by atoms with E-state index in [4.69, 9.17) is 0 Å². The molecule has 0 unspecified atom stereocenters. The van der Waals surface area contributed by atoms with Gasteiger partial charge in [-0.1, -0.05) is 29.8 Å². The Hall–Kier alpha value is -2.88. The highest BCUT2D eigenvalue weighted by molar-refractivity contribution is 6.02. The minimum absolute atomic E-state index is 0.223. The fourth-order valence-corrected chi connectivity index (χ4v) is 2.07. The van der Waals surface area contributed by atoms with Crippen LogP contribution in [0.2, 0.25) is 0 Å². The molecule has 0 saturated carbocycles. The molecule has 2 aromatic carbocycles. The number of methoxy groups -OCH3 is 1. The lowest BCUT2D eigenvalue weighted by Gasteiger charge is -2.08.